The fourth-order valence-electron chi connectivity index (χ4n) is 4.61. The molecule has 1 aliphatic carbocycles. The normalized spacial score (nSPS) is 28.0. The molecule has 0 aromatic rings. The summed E-state index contributed by atoms with van der Waals surface area (Å²) in [6.45, 7) is 17.0. The monoisotopic (exact) mass is 294 g/mol. The average Bonchev–Trinajstić information content (AvgIpc) is 2.65. The minimum absolute atomic E-state index is 0.365. The molecule has 0 spiro atoms. The van der Waals surface area contributed by atoms with E-state index in [1.807, 2.05) is 0 Å². The fourth-order valence-corrected chi connectivity index (χ4v) is 4.61. The fraction of sp³-hybridized carbons (Fsp3) is 1.00. The zero-order valence-corrected chi connectivity index (χ0v) is 15.2. The molecule has 2 aliphatic rings. The van der Waals surface area contributed by atoms with Gasteiger partial charge in [-0.05, 0) is 55.5 Å². The van der Waals surface area contributed by atoms with Gasteiger partial charge in [0.15, 0.2) is 0 Å². The predicted octanol–water partition coefficient (Wildman–Crippen LogP) is 4.30. The van der Waals surface area contributed by atoms with Crippen molar-refractivity contribution >= 4 is 0 Å². The summed E-state index contributed by atoms with van der Waals surface area (Å²) in [6.07, 6.45) is 8.59. The standard InChI is InChI=1S/C19H38N2/c1-16(2)13-19(9-6-7-10-19)15-21-12-8-11-20-17(14-21)18(3,4)5/h16-17,20H,6-15H2,1-5H3. The van der Waals surface area contributed by atoms with Gasteiger partial charge in [0.25, 0.3) is 0 Å². The van der Waals surface area contributed by atoms with E-state index in [2.05, 4.69) is 44.8 Å². The van der Waals surface area contributed by atoms with E-state index in [0.29, 0.717) is 16.9 Å². The van der Waals surface area contributed by atoms with Crippen molar-refractivity contribution in [2.75, 3.05) is 26.2 Å². The average molecular weight is 295 g/mol. The van der Waals surface area contributed by atoms with Crippen molar-refractivity contribution in [3.05, 3.63) is 0 Å². The summed E-state index contributed by atoms with van der Waals surface area (Å²) in [5.74, 6) is 0.839. The predicted molar refractivity (Wildman–Crippen MR) is 92.7 cm³/mol. The van der Waals surface area contributed by atoms with Crippen molar-refractivity contribution in [1.29, 1.82) is 0 Å². The number of nitrogens with one attached hydrogen (secondary N) is 1. The third-order valence-corrected chi connectivity index (χ3v) is 5.59. The third kappa shape index (κ3) is 4.96. The van der Waals surface area contributed by atoms with Crippen molar-refractivity contribution in [2.24, 2.45) is 16.7 Å². The van der Waals surface area contributed by atoms with Crippen LogP contribution < -0.4 is 5.32 Å². The van der Waals surface area contributed by atoms with Crippen LogP contribution in [0.2, 0.25) is 0 Å². The van der Waals surface area contributed by atoms with Gasteiger partial charge >= 0.3 is 0 Å². The first-order chi connectivity index (χ1) is 9.81. The van der Waals surface area contributed by atoms with E-state index in [-0.39, 0.29) is 0 Å². The Balaban J connectivity index is 2.01. The molecule has 1 unspecified atom stereocenters. The van der Waals surface area contributed by atoms with Crippen molar-refractivity contribution in [2.45, 2.75) is 79.2 Å². The summed E-state index contributed by atoms with van der Waals surface area (Å²) in [5, 5.41) is 3.79. The van der Waals surface area contributed by atoms with Gasteiger partial charge in [0.1, 0.15) is 0 Å². The Morgan fingerprint density at radius 3 is 2.38 bits per heavy atom. The smallest absolute Gasteiger partial charge is 0.0243 e. The van der Waals surface area contributed by atoms with Gasteiger partial charge in [-0.2, -0.15) is 0 Å². The second-order valence-corrected chi connectivity index (χ2v) is 9.27. The largest absolute Gasteiger partial charge is 0.312 e. The van der Waals surface area contributed by atoms with Crippen LogP contribution in [0.5, 0.6) is 0 Å². The lowest BCUT2D eigenvalue weighted by molar-refractivity contribution is 0.111. The lowest BCUT2D eigenvalue weighted by atomic mass is 9.77. The maximum absolute atomic E-state index is 3.79. The Kier molecular flexibility index (Phi) is 5.76. The van der Waals surface area contributed by atoms with Crippen LogP contribution in [-0.2, 0) is 0 Å². The van der Waals surface area contributed by atoms with Crippen LogP contribution in [0.15, 0.2) is 0 Å². The first-order valence-corrected chi connectivity index (χ1v) is 9.26. The van der Waals surface area contributed by atoms with Crippen LogP contribution in [0.1, 0.15) is 73.1 Å². The van der Waals surface area contributed by atoms with Gasteiger partial charge in [0, 0.05) is 19.1 Å². The summed E-state index contributed by atoms with van der Waals surface area (Å²) in [7, 11) is 0. The van der Waals surface area contributed by atoms with E-state index in [1.165, 1.54) is 64.7 Å². The SMILES string of the molecule is CC(C)CC1(CN2CCCNC(C(C)(C)C)C2)CCCC1. The molecule has 1 saturated carbocycles. The minimum Gasteiger partial charge on any atom is -0.312 e. The van der Waals surface area contributed by atoms with E-state index < -0.39 is 0 Å². The first kappa shape index (κ1) is 17.3. The maximum Gasteiger partial charge on any atom is 0.0243 e. The zero-order valence-electron chi connectivity index (χ0n) is 15.2. The Morgan fingerprint density at radius 1 is 1.14 bits per heavy atom. The Morgan fingerprint density at radius 2 is 1.81 bits per heavy atom. The molecular formula is C19H38N2. The molecular weight excluding hydrogens is 256 g/mol. The van der Waals surface area contributed by atoms with Crippen molar-refractivity contribution < 1.29 is 0 Å². The van der Waals surface area contributed by atoms with Crippen LogP contribution >= 0.6 is 0 Å². The van der Waals surface area contributed by atoms with Crippen molar-refractivity contribution in [1.82, 2.24) is 10.2 Å². The minimum atomic E-state index is 0.365. The Bertz CT molecular complexity index is 310. The molecule has 2 fully saturated rings. The van der Waals surface area contributed by atoms with Gasteiger partial charge in [0.2, 0.25) is 0 Å². The highest BCUT2D eigenvalue weighted by Gasteiger charge is 2.37. The second-order valence-electron chi connectivity index (χ2n) is 9.27. The zero-order chi connectivity index (χ0) is 15.5. The summed E-state index contributed by atoms with van der Waals surface area (Å²) in [6, 6.07) is 0.637. The molecule has 1 heterocycles. The molecule has 0 bridgehead atoms. The summed E-state index contributed by atoms with van der Waals surface area (Å²) in [4.78, 5) is 2.80. The molecule has 1 atom stereocenters. The molecule has 0 amide bonds. The van der Waals surface area contributed by atoms with Gasteiger partial charge in [0.05, 0.1) is 0 Å². The van der Waals surface area contributed by atoms with Gasteiger partial charge in [-0.15, -0.1) is 0 Å². The van der Waals surface area contributed by atoms with Crippen molar-refractivity contribution in [3.63, 3.8) is 0 Å². The lowest BCUT2D eigenvalue weighted by Crippen LogP contribution is -2.48. The van der Waals surface area contributed by atoms with E-state index in [1.54, 1.807) is 0 Å². The molecule has 1 saturated heterocycles. The highest BCUT2D eigenvalue weighted by atomic mass is 15.2. The van der Waals surface area contributed by atoms with Gasteiger partial charge in [-0.25, -0.2) is 0 Å². The molecule has 124 valence electrons. The molecule has 1 aliphatic heterocycles. The van der Waals surface area contributed by atoms with Gasteiger partial charge in [-0.3, -0.25) is 0 Å². The van der Waals surface area contributed by atoms with Gasteiger partial charge < -0.3 is 10.2 Å². The Hall–Kier alpha value is -0.0800. The summed E-state index contributed by atoms with van der Waals surface area (Å²) < 4.78 is 0. The Labute approximate surface area is 133 Å². The number of rotatable bonds is 4. The van der Waals surface area contributed by atoms with Crippen LogP contribution in [0, 0.1) is 16.7 Å². The highest BCUT2D eigenvalue weighted by Crippen LogP contribution is 2.44. The molecule has 2 rings (SSSR count). The molecule has 0 aromatic carbocycles. The number of hydrogen-bond acceptors (Lipinski definition) is 2. The van der Waals surface area contributed by atoms with Crippen LogP contribution in [0.4, 0.5) is 0 Å². The summed E-state index contributed by atoms with van der Waals surface area (Å²) in [5.41, 5.74) is 0.990. The number of nitrogens with zero attached hydrogens (tertiary/aromatic N) is 1. The van der Waals surface area contributed by atoms with E-state index in [9.17, 15) is 0 Å². The molecule has 1 N–H and O–H groups in total. The highest BCUT2D eigenvalue weighted by molar-refractivity contribution is 4.92. The van der Waals surface area contributed by atoms with E-state index in [4.69, 9.17) is 0 Å². The van der Waals surface area contributed by atoms with Crippen molar-refractivity contribution in [3.8, 4) is 0 Å². The van der Waals surface area contributed by atoms with E-state index >= 15 is 0 Å². The van der Waals surface area contributed by atoms with Gasteiger partial charge in [-0.1, -0.05) is 47.5 Å². The van der Waals surface area contributed by atoms with Crippen LogP contribution in [0.3, 0.4) is 0 Å². The first-order valence-electron chi connectivity index (χ1n) is 9.26. The molecule has 0 radical (unpaired) electrons. The second kappa shape index (κ2) is 7.00. The lowest BCUT2D eigenvalue weighted by Gasteiger charge is -2.39. The van der Waals surface area contributed by atoms with Crippen LogP contribution in [-0.4, -0.2) is 37.1 Å². The molecule has 0 aromatic heterocycles. The van der Waals surface area contributed by atoms with E-state index in [0.717, 1.165) is 5.92 Å². The number of hydrogen-bond donors (Lipinski definition) is 1. The molecule has 2 heteroatoms. The summed E-state index contributed by atoms with van der Waals surface area (Å²) >= 11 is 0. The molecule has 2 nitrogen and oxygen atoms in total. The third-order valence-electron chi connectivity index (χ3n) is 5.59. The topological polar surface area (TPSA) is 15.3 Å². The molecule has 21 heavy (non-hydrogen) atoms. The maximum atomic E-state index is 3.79. The quantitative estimate of drug-likeness (QED) is 0.831. The van der Waals surface area contributed by atoms with Crippen LogP contribution in [0.25, 0.3) is 0 Å².